The molecule has 2 heteroatoms. The molecule has 3 atom stereocenters. The van der Waals surface area contributed by atoms with Gasteiger partial charge >= 0.3 is 0 Å². The Morgan fingerprint density at radius 1 is 1.22 bits per heavy atom. The molecule has 2 rings (SSSR count). The lowest BCUT2D eigenvalue weighted by molar-refractivity contribution is 0.357. The van der Waals surface area contributed by atoms with E-state index in [0.717, 1.165) is 11.8 Å². The van der Waals surface area contributed by atoms with E-state index >= 15 is 0 Å². The molecule has 0 aromatic rings. The fourth-order valence-electron chi connectivity index (χ4n) is 2.45. The molecule has 9 heavy (non-hydrogen) atoms. The van der Waals surface area contributed by atoms with Crippen LogP contribution in [0.15, 0.2) is 0 Å². The predicted octanol–water partition coefficient (Wildman–Crippen LogP) is 0.638. The molecule has 0 radical (unpaired) electrons. The van der Waals surface area contributed by atoms with Gasteiger partial charge in [0.05, 0.1) is 0 Å². The van der Waals surface area contributed by atoms with Gasteiger partial charge in [0.25, 0.3) is 0 Å². The number of fused-ring (bicyclic) bond motifs is 2. The van der Waals surface area contributed by atoms with Gasteiger partial charge in [-0.25, -0.2) is 0 Å². The second kappa shape index (κ2) is 1.96. The normalized spacial score (nSPS) is 48.3. The third-order valence-corrected chi connectivity index (χ3v) is 2.95. The van der Waals surface area contributed by atoms with Crippen LogP contribution in [0.1, 0.15) is 25.7 Å². The molecule has 0 amide bonds. The molecule has 2 bridgehead atoms. The van der Waals surface area contributed by atoms with E-state index in [4.69, 9.17) is 5.84 Å². The highest BCUT2D eigenvalue weighted by Gasteiger charge is 2.38. The Hall–Kier alpha value is -0.0800. The third-order valence-electron chi connectivity index (χ3n) is 2.95. The van der Waals surface area contributed by atoms with Gasteiger partial charge in [-0.15, -0.1) is 0 Å². The molecule has 3 N–H and O–H groups in total. The topological polar surface area (TPSA) is 38.0 Å². The van der Waals surface area contributed by atoms with Crippen molar-refractivity contribution in [3.63, 3.8) is 0 Å². The summed E-state index contributed by atoms with van der Waals surface area (Å²) in [7, 11) is 0. The van der Waals surface area contributed by atoms with Gasteiger partial charge in [-0.3, -0.25) is 11.3 Å². The lowest BCUT2D eigenvalue weighted by Crippen LogP contribution is -2.38. The van der Waals surface area contributed by atoms with Gasteiger partial charge in [0.2, 0.25) is 0 Å². The molecule has 2 fully saturated rings. The Bertz CT molecular complexity index is 113. The Morgan fingerprint density at radius 2 is 2.11 bits per heavy atom. The van der Waals surface area contributed by atoms with Crippen LogP contribution in [0.5, 0.6) is 0 Å². The van der Waals surface area contributed by atoms with Crippen LogP contribution in [0.2, 0.25) is 0 Å². The number of nitrogens with two attached hydrogens (primary N) is 1. The summed E-state index contributed by atoms with van der Waals surface area (Å²) in [6.07, 6.45) is 5.65. The Kier molecular flexibility index (Phi) is 1.24. The average Bonchev–Trinajstić information content (AvgIpc) is 2.45. The first-order valence-electron chi connectivity index (χ1n) is 3.86. The van der Waals surface area contributed by atoms with Crippen molar-refractivity contribution in [2.75, 3.05) is 0 Å². The number of hydrazine groups is 1. The average molecular weight is 126 g/mol. The summed E-state index contributed by atoms with van der Waals surface area (Å²) in [4.78, 5) is 0. The number of hydrogen-bond donors (Lipinski definition) is 2. The first-order valence-corrected chi connectivity index (χ1v) is 3.86. The van der Waals surface area contributed by atoms with Gasteiger partial charge in [0.15, 0.2) is 0 Å². The van der Waals surface area contributed by atoms with E-state index in [1.54, 1.807) is 0 Å². The van der Waals surface area contributed by atoms with Crippen LogP contribution < -0.4 is 11.3 Å². The maximum Gasteiger partial charge on any atom is 0.0241 e. The van der Waals surface area contributed by atoms with E-state index in [2.05, 4.69) is 5.43 Å². The largest absolute Gasteiger partial charge is 0.271 e. The molecule has 2 aliphatic rings. The first kappa shape index (κ1) is 5.69. The predicted molar refractivity (Wildman–Crippen MR) is 36.6 cm³/mol. The Labute approximate surface area is 55.8 Å². The smallest absolute Gasteiger partial charge is 0.0241 e. The zero-order valence-electron chi connectivity index (χ0n) is 5.64. The quantitative estimate of drug-likeness (QED) is 0.399. The monoisotopic (exact) mass is 126 g/mol. The highest BCUT2D eigenvalue weighted by atomic mass is 15.2. The van der Waals surface area contributed by atoms with Crippen LogP contribution in [-0.2, 0) is 0 Å². The second-order valence-corrected chi connectivity index (χ2v) is 3.45. The molecule has 0 aromatic carbocycles. The summed E-state index contributed by atoms with van der Waals surface area (Å²) in [6, 6.07) is 0.656. The number of rotatable bonds is 1. The van der Waals surface area contributed by atoms with Gasteiger partial charge in [0, 0.05) is 6.04 Å². The molecule has 0 aliphatic heterocycles. The molecule has 0 aromatic heterocycles. The van der Waals surface area contributed by atoms with Crippen molar-refractivity contribution < 1.29 is 0 Å². The molecule has 0 unspecified atom stereocenters. The van der Waals surface area contributed by atoms with E-state index in [-0.39, 0.29) is 0 Å². The highest BCUT2D eigenvalue weighted by molar-refractivity contribution is 4.92. The van der Waals surface area contributed by atoms with Crippen LogP contribution in [0.25, 0.3) is 0 Å². The van der Waals surface area contributed by atoms with E-state index in [9.17, 15) is 0 Å². The minimum absolute atomic E-state index is 0.656. The summed E-state index contributed by atoms with van der Waals surface area (Å²) in [5.41, 5.74) is 2.90. The molecule has 0 heterocycles. The van der Waals surface area contributed by atoms with Crippen LogP contribution in [-0.4, -0.2) is 6.04 Å². The van der Waals surface area contributed by atoms with Crippen LogP contribution >= 0.6 is 0 Å². The molecule has 0 saturated heterocycles. The third kappa shape index (κ3) is 0.775. The molecule has 2 aliphatic carbocycles. The van der Waals surface area contributed by atoms with Gasteiger partial charge in [0.1, 0.15) is 0 Å². The van der Waals surface area contributed by atoms with Gasteiger partial charge in [-0.1, -0.05) is 6.42 Å². The van der Waals surface area contributed by atoms with Crippen molar-refractivity contribution in [1.82, 2.24) is 5.43 Å². The summed E-state index contributed by atoms with van der Waals surface area (Å²) < 4.78 is 0. The summed E-state index contributed by atoms with van der Waals surface area (Å²) in [6.45, 7) is 0. The summed E-state index contributed by atoms with van der Waals surface area (Å²) >= 11 is 0. The molecular formula is C7H14N2. The summed E-state index contributed by atoms with van der Waals surface area (Å²) in [5.74, 6) is 7.30. The lowest BCUT2D eigenvalue weighted by Gasteiger charge is -2.19. The van der Waals surface area contributed by atoms with Crippen LogP contribution in [0.3, 0.4) is 0 Å². The van der Waals surface area contributed by atoms with Gasteiger partial charge in [-0.05, 0) is 31.1 Å². The zero-order valence-corrected chi connectivity index (χ0v) is 5.64. The molecule has 2 saturated carbocycles. The van der Waals surface area contributed by atoms with E-state index in [1.165, 1.54) is 25.7 Å². The standard InChI is InChI=1S/C7H14N2/c8-9-7-4-5-1-2-6(7)3-5/h5-7,9H,1-4,8H2/t5-,6-,7+/m0/s1. The maximum absolute atomic E-state index is 5.37. The van der Waals surface area contributed by atoms with Crippen molar-refractivity contribution in [2.24, 2.45) is 17.7 Å². The van der Waals surface area contributed by atoms with E-state index in [1.807, 2.05) is 0 Å². The van der Waals surface area contributed by atoms with Gasteiger partial charge < -0.3 is 0 Å². The Morgan fingerprint density at radius 3 is 2.44 bits per heavy atom. The van der Waals surface area contributed by atoms with Crippen molar-refractivity contribution in [1.29, 1.82) is 0 Å². The Balaban J connectivity index is 2.01. The molecule has 52 valence electrons. The maximum atomic E-state index is 5.37. The van der Waals surface area contributed by atoms with E-state index < -0.39 is 0 Å². The molecule has 2 nitrogen and oxygen atoms in total. The van der Waals surface area contributed by atoms with Crippen LogP contribution in [0, 0.1) is 11.8 Å². The minimum atomic E-state index is 0.656. The fourth-order valence-corrected chi connectivity index (χ4v) is 2.45. The first-order chi connectivity index (χ1) is 4.40. The lowest BCUT2D eigenvalue weighted by atomic mass is 9.96. The highest BCUT2D eigenvalue weighted by Crippen LogP contribution is 2.43. The summed E-state index contributed by atoms with van der Waals surface area (Å²) in [5, 5.41) is 0. The SMILES string of the molecule is NN[C@@H]1C[C@H]2CC[C@H]1C2. The van der Waals surface area contributed by atoms with Gasteiger partial charge in [-0.2, -0.15) is 0 Å². The van der Waals surface area contributed by atoms with E-state index in [0.29, 0.717) is 6.04 Å². The van der Waals surface area contributed by atoms with Crippen molar-refractivity contribution >= 4 is 0 Å². The number of nitrogens with one attached hydrogen (secondary N) is 1. The van der Waals surface area contributed by atoms with Crippen molar-refractivity contribution in [3.8, 4) is 0 Å². The number of hydrogen-bond acceptors (Lipinski definition) is 2. The molecular weight excluding hydrogens is 112 g/mol. The molecule has 0 spiro atoms. The fraction of sp³-hybridized carbons (Fsp3) is 1.00. The van der Waals surface area contributed by atoms with Crippen LogP contribution in [0.4, 0.5) is 0 Å². The van der Waals surface area contributed by atoms with Crippen molar-refractivity contribution in [3.05, 3.63) is 0 Å². The second-order valence-electron chi connectivity index (χ2n) is 3.45. The van der Waals surface area contributed by atoms with Crippen molar-refractivity contribution in [2.45, 2.75) is 31.7 Å². The minimum Gasteiger partial charge on any atom is -0.271 e. The zero-order chi connectivity index (χ0) is 6.27.